The quantitative estimate of drug-likeness (QED) is 0.721. The summed E-state index contributed by atoms with van der Waals surface area (Å²) in [6.45, 7) is 0. The first kappa shape index (κ1) is 10.6. The molecule has 90 valence electrons. The fourth-order valence-electron chi connectivity index (χ4n) is 2.02. The summed E-state index contributed by atoms with van der Waals surface area (Å²) in [5, 5.41) is 10.2. The summed E-state index contributed by atoms with van der Waals surface area (Å²) in [6, 6.07) is 7.63. The highest BCUT2D eigenvalue weighted by atomic mass is 16.1. The molecule has 1 amide bonds. The number of aromatic amines is 1. The van der Waals surface area contributed by atoms with Gasteiger partial charge in [-0.3, -0.25) is 9.89 Å². The second kappa shape index (κ2) is 4.03. The Balaban J connectivity index is 2.01. The maximum atomic E-state index is 12.2. The Morgan fingerprint density at radius 1 is 1.39 bits per heavy atom. The highest BCUT2D eigenvalue weighted by molar-refractivity contribution is 6.12. The van der Waals surface area contributed by atoms with Crippen LogP contribution >= 0.6 is 0 Å². The van der Waals surface area contributed by atoms with Gasteiger partial charge in [-0.15, -0.1) is 0 Å². The van der Waals surface area contributed by atoms with Crippen molar-refractivity contribution in [3.63, 3.8) is 0 Å². The van der Waals surface area contributed by atoms with Crippen LogP contribution in [-0.4, -0.2) is 20.7 Å². The molecule has 18 heavy (non-hydrogen) atoms. The first-order valence-electron chi connectivity index (χ1n) is 5.60. The van der Waals surface area contributed by atoms with Gasteiger partial charge in [0.15, 0.2) is 0 Å². The predicted octanol–water partition coefficient (Wildman–Crippen LogP) is 2.15. The molecule has 0 unspecified atom stereocenters. The zero-order valence-electron chi connectivity index (χ0n) is 9.84. The van der Waals surface area contributed by atoms with Gasteiger partial charge in [0.2, 0.25) is 0 Å². The van der Waals surface area contributed by atoms with Crippen LogP contribution in [-0.2, 0) is 7.05 Å². The Kier molecular flexibility index (Phi) is 2.37. The number of hydrogen-bond donors (Lipinski definition) is 2. The van der Waals surface area contributed by atoms with E-state index in [1.54, 1.807) is 12.4 Å². The lowest BCUT2D eigenvalue weighted by molar-refractivity contribution is 0.102. The molecule has 0 fully saturated rings. The van der Waals surface area contributed by atoms with Crippen LogP contribution < -0.4 is 5.32 Å². The summed E-state index contributed by atoms with van der Waals surface area (Å²) in [4.78, 5) is 12.2. The molecule has 0 saturated carbocycles. The van der Waals surface area contributed by atoms with Crippen LogP contribution in [0.3, 0.4) is 0 Å². The molecule has 2 heterocycles. The number of nitrogens with zero attached hydrogens (tertiary/aromatic N) is 2. The minimum atomic E-state index is -0.131. The molecule has 0 spiro atoms. The molecular weight excluding hydrogens is 228 g/mol. The number of benzene rings is 1. The zero-order valence-corrected chi connectivity index (χ0v) is 9.84. The van der Waals surface area contributed by atoms with Crippen LogP contribution in [0.2, 0.25) is 0 Å². The molecular formula is C13H12N4O. The van der Waals surface area contributed by atoms with E-state index in [0.717, 1.165) is 10.9 Å². The highest BCUT2D eigenvalue weighted by Crippen LogP contribution is 2.20. The van der Waals surface area contributed by atoms with Crippen LogP contribution in [0.5, 0.6) is 0 Å². The van der Waals surface area contributed by atoms with Gasteiger partial charge in [0.05, 0.1) is 11.9 Å². The van der Waals surface area contributed by atoms with E-state index in [9.17, 15) is 4.79 Å². The van der Waals surface area contributed by atoms with E-state index in [2.05, 4.69) is 15.5 Å². The smallest absolute Gasteiger partial charge is 0.256 e. The fraction of sp³-hybridized carbons (Fsp3) is 0.0769. The van der Waals surface area contributed by atoms with Crippen molar-refractivity contribution < 1.29 is 4.79 Å². The van der Waals surface area contributed by atoms with Crippen molar-refractivity contribution in [1.82, 2.24) is 14.8 Å². The van der Waals surface area contributed by atoms with Crippen molar-refractivity contribution in [2.75, 3.05) is 5.32 Å². The van der Waals surface area contributed by atoms with Gasteiger partial charge in [-0.25, -0.2) is 0 Å². The number of nitrogens with one attached hydrogen (secondary N) is 2. The summed E-state index contributed by atoms with van der Waals surface area (Å²) in [5.74, 6) is -0.131. The SMILES string of the molecule is Cn1ccc2c(C(=O)Nc3cn[nH]c3)cccc21. The van der Waals surface area contributed by atoms with Gasteiger partial charge in [-0.05, 0) is 18.2 Å². The largest absolute Gasteiger partial charge is 0.351 e. The molecule has 0 bridgehead atoms. The van der Waals surface area contributed by atoms with Gasteiger partial charge in [0, 0.05) is 35.9 Å². The first-order valence-corrected chi connectivity index (χ1v) is 5.60. The lowest BCUT2D eigenvalue weighted by atomic mass is 10.1. The lowest BCUT2D eigenvalue weighted by Crippen LogP contribution is -2.11. The molecule has 5 heteroatoms. The van der Waals surface area contributed by atoms with E-state index in [0.29, 0.717) is 11.3 Å². The molecule has 0 atom stereocenters. The van der Waals surface area contributed by atoms with Crippen molar-refractivity contribution in [1.29, 1.82) is 0 Å². The number of aromatic nitrogens is 3. The Morgan fingerprint density at radius 2 is 2.28 bits per heavy atom. The van der Waals surface area contributed by atoms with E-state index in [4.69, 9.17) is 0 Å². The Bertz CT molecular complexity index is 697. The average Bonchev–Trinajstić information content (AvgIpc) is 3.00. The van der Waals surface area contributed by atoms with Crippen molar-refractivity contribution in [3.05, 3.63) is 48.4 Å². The topological polar surface area (TPSA) is 62.7 Å². The zero-order chi connectivity index (χ0) is 12.5. The number of anilines is 1. The van der Waals surface area contributed by atoms with E-state index < -0.39 is 0 Å². The first-order chi connectivity index (χ1) is 8.75. The van der Waals surface area contributed by atoms with E-state index >= 15 is 0 Å². The predicted molar refractivity (Wildman–Crippen MR) is 69.5 cm³/mol. The molecule has 0 aliphatic rings. The van der Waals surface area contributed by atoms with Crippen LogP contribution in [0, 0.1) is 0 Å². The van der Waals surface area contributed by atoms with Gasteiger partial charge in [-0.2, -0.15) is 5.10 Å². The van der Waals surface area contributed by atoms with E-state index in [1.165, 1.54) is 0 Å². The van der Waals surface area contributed by atoms with Crippen molar-refractivity contribution in [3.8, 4) is 0 Å². The second-order valence-corrected chi connectivity index (χ2v) is 4.11. The lowest BCUT2D eigenvalue weighted by Gasteiger charge is -2.04. The Morgan fingerprint density at radius 3 is 3.06 bits per heavy atom. The molecule has 2 aromatic heterocycles. The maximum Gasteiger partial charge on any atom is 0.256 e. The summed E-state index contributed by atoms with van der Waals surface area (Å²) in [5.41, 5.74) is 2.36. The Hall–Kier alpha value is -2.56. The molecule has 3 aromatic rings. The molecule has 5 nitrogen and oxygen atoms in total. The minimum absolute atomic E-state index is 0.131. The summed E-state index contributed by atoms with van der Waals surface area (Å²) in [6.07, 6.45) is 5.16. The van der Waals surface area contributed by atoms with Crippen LogP contribution in [0.1, 0.15) is 10.4 Å². The highest BCUT2D eigenvalue weighted by Gasteiger charge is 2.11. The summed E-state index contributed by atoms with van der Waals surface area (Å²) >= 11 is 0. The van der Waals surface area contributed by atoms with E-state index in [-0.39, 0.29) is 5.91 Å². The molecule has 1 aromatic carbocycles. The molecule has 0 radical (unpaired) electrons. The van der Waals surface area contributed by atoms with Crippen LogP contribution in [0.15, 0.2) is 42.9 Å². The monoisotopic (exact) mass is 240 g/mol. The van der Waals surface area contributed by atoms with E-state index in [1.807, 2.05) is 42.1 Å². The number of fused-ring (bicyclic) bond motifs is 1. The average molecular weight is 240 g/mol. The number of carbonyl (C=O) groups excluding carboxylic acids is 1. The number of aryl methyl sites for hydroxylation is 1. The van der Waals surface area contributed by atoms with Gasteiger partial charge in [0.25, 0.3) is 5.91 Å². The third-order valence-electron chi connectivity index (χ3n) is 2.93. The van der Waals surface area contributed by atoms with Gasteiger partial charge < -0.3 is 9.88 Å². The van der Waals surface area contributed by atoms with Gasteiger partial charge in [-0.1, -0.05) is 6.07 Å². The maximum absolute atomic E-state index is 12.2. The molecule has 0 saturated heterocycles. The molecule has 3 rings (SSSR count). The van der Waals surface area contributed by atoms with Crippen molar-refractivity contribution in [2.24, 2.45) is 7.05 Å². The van der Waals surface area contributed by atoms with Gasteiger partial charge in [0.1, 0.15) is 0 Å². The standard InChI is InChI=1S/C13H12N4O/c1-17-6-5-10-11(3-2-4-12(10)17)13(18)16-9-7-14-15-8-9/h2-8H,1H3,(H,14,15)(H,16,18). The summed E-state index contributed by atoms with van der Waals surface area (Å²) < 4.78 is 1.99. The summed E-state index contributed by atoms with van der Waals surface area (Å²) in [7, 11) is 1.96. The van der Waals surface area contributed by atoms with Crippen LogP contribution in [0.25, 0.3) is 10.9 Å². The van der Waals surface area contributed by atoms with Gasteiger partial charge >= 0.3 is 0 Å². The third kappa shape index (κ3) is 1.66. The minimum Gasteiger partial charge on any atom is -0.351 e. The second-order valence-electron chi connectivity index (χ2n) is 4.11. The number of H-pyrrole nitrogens is 1. The number of hydrogen-bond acceptors (Lipinski definition) is 2. The third-order valence-corrected chi connectivity index (χ3v) is 2.93. The number of carbonyl (C=O) groups is 1. The van der Waals surface area contributed by atoms with Crippen molar-refractivity contribution in [2.45, 2.75) is 0 Å². The van der Waals surface area contributed by atoms with Crippen molar-refractivity contribution >= 4 is 22.5 Å². The number of amides is 1. The van der Waals surface area contributed by atoms with Crippen LogP contribution in [0.4, 0.5) is 5.69 Å². The normalized spacial score (nSPS) is 10.7. The molecule has 0 aliphatic heterocycles. The molecule has 2 N–H and O–H groups in total. The fourth-order valence-corrected chi connectivity index (χ4v) is 2.02. The Labute approximate surface area is 103 Å². The number of rotatable bonds is 2. The molecule has 0 aliphatic carbocycles.